The Balaban J connectivity index is 1.31. The summed E-state index contributed by atoms with van der Waals surface area (Å²) in [6.07, 6.45) is 8.02. The van der Waals surface area contributed by atoms with Crippen molar-refractivity contribution in [2.24, 2.45) is 5.18 Å². The van der Waals surface area contributed by atoms with E-state index in [9.17, 15) is 9.70 Å². The molecular formula is C26H25N7O3. The molecule has 182 valence electrons. The van der Waals surface area contributed by atoms with Crippen LogP contribution in [0.25, 0.3) is 22.6 Å². The molecule has 0 bridgehead atoms. The van der Waals surface area contributed by atoms with E-state index in [4.69, 9.17) is 4.42 Å². The second-order valence-electron chi connectivity index (χ2n) is 9.27. The van der Waals surface area contributed by atoms with Crippen LogP contribution >= 0.6 is 0 Å². The van der Waals surface area contributed by atoms with Gasteiger partial charge in [0, 0.05) is 55.8 Å². The van der Waals surface area contributed by atoms with Crippen LogP contribution in [-0.2, 0) is 6.42 Å². The van der Waals surface area contributed by atoms with Crippen LogP contribution in [0.3, 0.4) is 0 Å². The fourth-order valence-electron chi connectivity index (χ4n) is 4.91. The number of hydrogen-bond acceptors (Lipinski definition) is 9. The van der Waals surface area contributed by atoms with Gasteiger partial charge in [-0.2, -0.15) is 4.91 Å². The Hall–Kier alpha value is -4.18. The summed E-state index contributed by atoms with van der Waals surface area (Å²) in [5.74, 6) is 0.766. The number of nitrogens with one attached hydrogen (secondary N) is 1. The monoisotopic (exact) mass is 483 g/mol. The molecule has 1 aromatic carbocycles. The van der Waals surface area contributed by atoms with Crippen LogP contribution < -0.4 is 5.32 Å². The van der Waals surface area contributed by atoms with E-state index in [2.05, 4.69) is 37.4 Å². The second-order valence-corrected chi connectivity index (χ2v) is 9.27. The molecule has 4 heterocycles. The number of rotatable bonds is 5. The first-order valence-electron chi connectivity index (χ1n) is 12.0. The number of likely N-dealkylation sites (N-methyl/N-ethyl adjacent to an activating group) is 1. The smallest absolute Gasteiger partial charge is 0.257 e. The minimum atomic E-state index is -0.272. The summed E-state index contributed by atoms with van der Waals surface area (Å²) >= 11 is 0. The molecule has 1 saturated heterocycles. The summed E-state index contributed by atoms with van der Waals surface area (Å²) in [7, 11) is 2.05. The van der Waals surface area contributed by atoms with Crippen LogP contribution in [0, 0.1) is 4.91 Å². The van der Waals surface area contributed by atoms with Crippen molar-refractivity contribution in [1.82, 2.24) is 24.8 Å². The zero-order valence-electron chi connectivity index (χ0n) is 19.8. The molecule has 1 aliphatic carbocycles. The summed E-state index contributed by atoms with van der Waals surface area (Å²) in [4.78, 5) is 41.2. The van der Waals surface area contributed by atoms with E-state index >= 15 is 0 Å². The van der Waals surface area contributed by atoms with Crippen LogP contribution in [0.1, 0.15) is 33.9 Å². The number of nitroso groups, excluding NO2 is 1. The number of furan rings is 1. The van der Waals surface area contributed by atoms with Crippen LogP contribution in [0.15, 0.2) is 58.6 Å². The Kier molecular flexibility index (Phi) is 5.65. The van der Waals surface area contributed by atoms with E-state index in [-0.39, 0.29) is 11.9 Å². The summed E-state index contributed by atoms with van der Waals surface area (Å²) in [6.45, 7) is 3.07. The maximum Gasteiger partial charge on any atom is 0.257 e. The average molecular weight is 484 g/mol. The molecule has 10 heteroatoms. The van der Waals surface area contributed by atoms with Crippen molar-refractivity contribution >= 4 is 28.3 Å². The van der Waals surface area contributed by atoms with Gasteiger partial charge >= 0.3 is 0 Å². The number of anilines is 2. The molecule has 1 amide bonds. The van der Waals surface area contributed by atoms with Gasteiger partial charge in [0.2, 0.25) is 0 Å². The first-order chi connectivity index (χ1) is 17.6. The summed E-state index contributed by atoms with van der Waals surface area (Å²) < 4.78 is 6.11. The van der Waals surface area contributed by atoms with Gasteiger partial charge in [-0.3, -0.25) is 9.78 Å². The lowest BCUT2D eigenvalue weighted by Gasteiger charge is -2.32. The van der Waals surface area contributed by atoms with Gasteiger partial charge in [0.1, 0.15) is 6.04 Å². The molecule has 1 aliphatic heterocycles. The minimum absolute atomic E-state index is 0.0666. The number of carbonyl (C=O) groups is 1. The van der Waals surface area contributed by atoms with E-state index in [1.54, 1.807) is 24.8 Å². The highest BCUT2D eigenvalue weighted by Crippen LogP contribution is 2.40. The third kappa shape index (κ3) is 3.99. The standard InChI is InChI=1S/C26H25N7O3/c1-32-8-10-33(11-9-32)26(34)17-13-28-25(29-14-17)24-23(20-6-7-27-15-22(20)36-24)30-18-3-4-19-16(12-18)2-5-21(19)31-35/h3-4,6-7,12-15,21,30H,2,5,8-11H2,1H3. The average Bonchev–Trinajstić information content (AvgIpc) is 3.50. The number of amides is 1. The number of piperazine rings is 1. The van der Waals surface area contributed by atoms with Gasteiger partial charge in [-0.25, -0.2) is 9.97 Å². The van der Waals surface area contributed by atoms with Gasteiger partial charge < -0.3 is 19.5 Å². The summed E-state index contributed by atoms with van der Waals surface area (Å²) in [5.41, 5.74) is 4.73. The zero-order valence-corrected chi connectivity index (χ0v) is 19.8. The quantitative estimate of drug-likeness (QED) is 0.421. The van der Waals surface area contributed by atoms with Crippen LogP contribution in [0.2, 0.25) is 0 Å². The summed E-state index contributed by atoms with van der Waals surface area (Å²) in [6, 6.07) is 7.53. The van der Waals surface area contributed by atoms with Crippen molar-refractivity contribution in [3.8, 4) is 11.6 Å². The van der Waals surface area contributed by atoms with Gasteiger partial charge in [-0.1, -0.05) is 11.2 Å². The Bertz CT molecular complexity index is 1440. The molecule has 3 aromatic heterocycles. The zero-order chi connectivity index (χ0) is 24.6. The van der Waals surface area contributed by atoms with Crippen molar-refractivity contribution in [2.75, 3.05) is 38.5 Å². The Labute approximate surface area is 207 Å². The number of hydrogen-bond donors (Lipinski definition) is 1. The number of nitrogens with zero attached hydrogens (tertiary/aromatic N) is 6. The highest BCUT2D eigenvalue weighted by molar-refractivity contribution is 5.99. The first kappa shape index (κ1) is 22.3. The number of benzene rings is 1. The topological polar surface area (TPSA) is 117 Å². The third-order valence-electron chi connectivity index (χ3n) is 6.97. The predicted octanol–water partition coefficient (Wildman–Crippen LogP) is 4.17. The maximum atomic E-state index is 12.9. The van der Waals surface area contributed by atoms with Crippen molar-refractivity contribution in [3.63, 3.8) is 0 Å². The molecule has 4 aromatic rings. The lowest BCUT2D eigenvalue weighted by Crippen LogP contribution is -2.47. The molecule has 0 spiro atoms. The number of aryl methyl sites for hydroxylation is 1. The molecule has 1 N–H and O–H groups in total. The molecule has 1 unspecified atom stereocenters. The van der Waals surface area contributed by atoms with Gasteiger partial charge in [-0.05, 0) is 49.2 Å². The third-order valence-corrected chi connectivity index (χ3v) is 6.97. The largest absolute Gasteiger partial charge is 0.449 e. The Morgan fingerprint density at radius 1 is 1.11 bits per heavy atom. The Morgan fingerprint density at radius 2 is 1.92 bits per heavy atom. The van der Waals surface area contributed by atoms with E-state index in [1.807, 2.05) is 29.2 Å². The lowest BCUT2D eigenvalue weighted by atomic mass is 10.1. The second kappa shape index (κ2) is 9.12. The van der Waals surface area contributed by atoms with Crippen molar-refractivity contribution < 1.29 is 9.21 Å². The highest BCUT2D eigenvalue weighted by atomic mass is 16.3. The SMILES string of the molecule is CN1CCN(C(=O)c2cnc(-c3oc4cnccc4c3Nc3ccc4c(c3)CCC4N=O)nc2)CC1. The normalized spacial score (nSPS) is 17.8. The van der Waals surface area contributed by atoms with Crippen LogP contribution in [-0.4, -0.2) is 63.9 Å². The van der Waals surface area contributed by atoms with Gasteiger partial charge in [0.05, 0.1) is 17.4 Å². The van der Waals surface area contributed by atoms with Gasteiger partial charge in [0.25, 0.3) is 5.91 Å². The number of aromatic nitrogens is 3. The number of carbonyl (C=O) groups excluding carboxylic acids is 1. The fraction of sp³-hybridized carbons (Fsp3) is 0.308. The molecule has 6 rings (SSSR count). The first-order valence-corrected chi connectivity index (χ1v) is 12.0. The predicted molar refractivity (Wildman–Crippen MR) is 135 cm³/mol. The number of fused-ring (bicyclic) bond motifs is 2. The maximum absolute atomic E-state index is 12.9. The molecule has 0 saturated carbocycles. The van der Waals surface area contributed by atoms with Gasteiger partial charge in [0.15, 0.2) is 17.2 Å². The molecule has 10 nitrogen and oxygen atoms in total. The summed E-state index contributed by atoms with van der Waals surface area (Å²) in [5, 5.41) is 7.54. The van der Waals surface area contributed by atoms with Crippen LogP contribution in [0.4, 0.5) is 11.4 Å². The molecule has 0 radical (unpaired) electrons. The minimum Gasteiger partial charge on any atom is -0.449 e. The van der Waals surface area contributed by atoms with E-state index in [0.29, 0.717) is 41.5 Å². The Morgan fingerprint density at radius 3 is 2.69 bits per heavy atom. The van der Waals surface area contributed by atoms with Crippen molar-refractivity contribution in [2.45, 2.75) is 18.9 Å². The van der Waals surface area contributed by atoms with Gasteiger partial charge in [-0.15, -0.1) is 0 Å². The van der Waals surface area contributed by atoms with Crippen molar-refractivity contribution in [1.29, 1.82) is 0 Å². The van der Waals surface area contributed by atoms with Crippen molar-refractivity contribution in [3.05, 3.63) is 70.7 Å². The highest BCUT2D eigenvalue weighted by Gasteiger charge is 2.25. The molecule has 1 atom stereocenters. The van der Waals surface area contributed by atoms with Crippen LogP contribution in [0.5, 0.6) is 0 Å². The van der Waals surface area contributed by atoms with E-state index < -0.39 is 0 Å². The lowest BCUT2D eigenvalue weighted by molar-refractivity contribution is 0.0663. The number of pyridine rings is 1. The fourth-order valence-corrected chi connectivity index (χ4v) is 4.91. The van der Waals surface area contributed by atoms with E-state index in [1.165, 1.54) is 0 Å². The molecule has 2 aliphatic rings. The molecule has 1 fully saturated rings. The molecule has 36 heavy (non-hydrogen) atoms. The molecular weight excluding hydrogens is 458 g/mol. The van der Waals surface area contributed by atoms with E-state index in [0.717, 1.165) is 48.1 Å².